The highest BCUT2D eigenvalue weighted by Crippen LogP contribution is 2.31. The second-order valence-corrected chi connectivity index (χ2v) is 4.83. The van der Waals surface area contributed by atoms with E-state index in [0.29, 0.717) is 0 Å². The lowest BCUT2D eigenvalue weighted by atomic mass is 9.76. The Kier molecular flexibility index (Phi) is 3.01. The van der Waals surface area contributed by atoms with Crippen LogP contribution in [0.2, 0.25) is 5.02 Å². The maximum Gasteiger partial charge on any atom is 0.0772 e. The monoisotopic (exact) mass is 225 g/mol. The minimum atomic E-state index is -0.540. The van der Waals surface area contributed by atoms with Crippen LogP contribution in [0, 0.1) is 0 Å². The molecule has 2 nitrogen and oxygen atoms in total. The molecule has 2 N–H and O–H groups in total. The van der Waals surface area contributed by atoms with Gasteiger partial charge in [0.15, 0.2) is 0 Å². The van der Waals surface area contributed by atoms with Crippen molar-refractivity contribution in [3.05, 3.63) is 34.9 Å². The van der Waals surface area contributed by atoms with Gasteiger partial charge in [0.1, 0.15) is 0 Å². The molecular weight excluding hydrogens is 210 g/mol. The van der Waals surface area contributed by atoms with Crippen LogP contribution in [-0.4, -0.2) is 16.7 Å². The molecule has 1 fully saturated rings. The van der Waals surface area contributed by atoms with E-state index in [1.165, 1.54) is 0 Å². The summed E-state index contributed by atoms with van der Waals surface area (Å²) in [5.41, 5.74) is 0.545. The number of hydrogen-bond acceptors (Lipinski definition) is 2. The van der Waals surface area contributed by atoms with E-state index in [-0.39, 0.29) is 6.04 Å². The molecule has 0 heterocycles. The predicted octanol–water partition coefficient (Wildman–Crippen LogP) is 2.34. The van der Waals surface area contributed by atoms with Crippen LogP contribution in [0.15, 0.2) is 24.3 Å². The van der Waals surface area contributed by atoms with E-state index in [0.717, 1.165) is 30.0 Å². The van der Waals surface area contributed by atoms with E-state index < -0.39 is 5.60 Å². The van der Waals surface area contributed by atoms with Gasteiger partial charge in [-0.15, -0.1) is 0 Å². The van der Waals surface area contributed by atoms with E-state index in [1.807, 2.05) is 31.2 Å². The molecule has 0 spiro atoms. The molecule has 1 aliphatic rings. The van der Waals surface area contributed by atoms with Crippen molar-refractivity contribution in [1.29, 1.82) is 0 Å². The van der Waals surface area contributed by atoms with Crippen molar-refractivity contribution in [2.75, 3.05) is 0 Å². The zero-order chi connectivity index (χ0) is 10.9. The molecule has 2 rings (SSSR count). The van der Waals surface area contributed by atoms with Crippen molar-refractivity contribution < 1.29 is 5.11 Å². The zero-order valence-corrected chi connectivity index (χ0v) is 9.59. The first-order chi connectivity index (χ1) is 7.09. The van der Waals surface area contributed by atoms with Crippen LogP contribution in [0.3, 0.4) is 0 Å². The number of aliphatic hydroxyl groups is 1. The largest absolute Gasteiger partial charge is 0.389 e. The van der Waals surface area contributed by atoms with Gasteiger partial charge in [-0.1, -0.05) is 29.8 Å². The van der Waals surface area contributed by atoms with Gasteiger partial charge in [0.05, 0.1) is 5.60 Å². The number of benzene rings is 1. The molecule has 1 aromatic rings. The van der Waals surface area contributed by atoms with Gasteiger partial charge >= 0.3 is 0 Å². The van der Waals surface area contributed by atoms with Gasteiger partial charge < -0.3 is 10.4 Å². The molecule has 0 radical (unpaired) electrons. The van der Waals surface area contributed by atoms with Gasteiger partial charge in [-0.05, 0) is 31.4 Å². The fourth-order valence-corrected chi connectivity index (χ4v) is 2.11. The summed E-state index contributed by atoms with van der Waals surface area (Å²) in [5, 5.41) is 13.9. The molecule has 1 aliphatic carbocycles. The average Bonchev–Trinajstić information content (AvgIpc) is 2.19. The second kappa shape index (κ2) is 4.12. The molecule has 0 amide bonds. The molecule has 0 saturated heterocycles. The molecular formula is C12H16ClNO. The van der Waals surface area contributed by atoms with E-state index in [2.05, 4.69) is 5.32 Å². The Balaban J connectivity index is 1.91. The SMILES string of the molecule is C[C@]1(O)CC[C@@H]1NCc1ccccc1Cl. The fourth-order valence-electron chi connectivity index (χ4n) is 1.90. The molecule has 0 aliphatic heterocycles. The summed E-state index contributed by atoms with van der Waals surface area (Å²) >= 11 is 6.04. The van der Waals surface area contributed by atoms with Gasteiger partial charge in [-0.2, -0.15) is 0 Å². The van der Waals surface area contributed by atoms with Crippen molar-refractivity contribution in [2.24, 2.45) is 0 Å². The molecule has 1 aromatic carbocycles. The van der Waals surface area contributed by atoms with Crippen molar-refractivity contribution in [3.8, 4) is 0 Å². The first kappa shape index (κ1) is 10.9. The van der Waals surface area contributed by atoms with Gasteiger partial charge in [-0.3, -0.25) is 0 Å². The van der Waals surface area contributed by atoms with Crippen LogP contribution in [0.1, 0.15) is 25.3 Å². The maximum atomic E-state index is 9.82. The highest BCUT2D eigenvalue weighted by atomic mass is 35.5. The predicted molar refractivity (Wildman–Crippen MR) is 61.9 cm³/mol. The summed E-state index contributed by atoms with van der Waals surface area (Å²) in [6.45, 7) is 2.60. The van der Waals surface area contributed by atoms with Crippen molar-refractivity contribution in [3.63, 3.8) is 0 Å². The highest BCUT2D eigenvalue weighted by molar-refractivity contribution is 6.31. The van der Waals surface area contributed by atoms with E-state index in [4.69, 9.17) is 11.6 Å². The minimum absolute atomic E-state index is 0.203. The molecule has 1 saturated carbocycles. The second-order valence-electron chi connectivity index (χ2n) is 4.42. The maximum absolute atomic E-state index is 9.82. The Bertz CT molecular complexity index is 351. The Morgan fingerprint density at radius 1 is 1.53 bits per heavy atom. The van der Waals surface area contributed by atoms with Gasteiger partial charge in [0, 0.05) is 17.6 Å². The Morgan fingerprint density at radius 2 is 2.27 bits per heavy atom. The molecule has 0 aromatic heterocycles. The number of nitrogens with one attached hydrogen (secondary N) is 1. The van der Waals surface area contributed by atoms with Crippen molar-refractivity contribution in [2.45, 2.75) is 38.0 Å². The smallest absolute Gasteiger partial charge is 0.0772 e. The standard InChI is InChI=1S/C12H16ClNO/c1-12(15)7-6-11(12)14-8-9-4-2-3-5-10(9)13/h2-5,11,14-15H,6-8H2,1H3/t11-,12-/m0/s1. The first-order valence-corrected chi connectivity index (χ1v) is 5.66. The lowest BCUT2D eigenvalue weighted by Gasteiger charge is -2.43. The third-order valence-electron chi connectivity index (χ3n) is 3.19. The summed E-state index contributed by atoms with van der Waals surface area (Å²) in [6.07, 6.45) is 1.92. The van der Waals surface area contributed by atoms with Crippen LogP contribution in [0.5, 0.6) is 0 Å². The Hall–Kier alpha value is -0.570. The summed E-state index contributed by atoms with van der Waals surface area (Å²) < 4.78 is 0. The molecule has 82 valence electrons. The molecule has 15 heavy (non-hydrogen) atoms. The van der Waals surface area contributed by atoms with Gasteiger partial charge in [0.25, 0.3) is 0 Å². The van der Waals surface area contributed by atoms with Crippen molar-refractivity contribution >= 4 is 11.6 Å². The van der Waals surface area contributed by atoms with Crippen LogP contribution in [0.25, 0.3) is 0 Å². The number of rotatable bonds is 3. The lowest BCUT2D eigenvalue weighted by molar-refractivity contribution is -0.0523. The quantitative estimate of drug-likeness (QED) is 0.828. The summed E-state index contributed by atoms with van der Waals surface area (Å²) in [4.78, 5) is 0. The fraction of sp³-hybridized carbons (Fsp3) is 0.500. The minimum Gasteiger partial charge on any atom is -0.389 e. The van der Waals surface area contributed by atoms with Gasteiger partial charge in [0.2, 0.25) is 0 Å². The normalized spacial score (nSPS) is 29.9. The highest BCUT2D eigenvalue weighted by Gasteiger charge is 2.40. The van der Waals surface area contributed by atoms with E-state index in [1.54, 1.807) is 0 Å². The molecule has 0 bridgehead atoms. The van der Waals surface area contributed by atoms with Crippen LogP contribution in [-0.2, 0) is 6.54 Å². The van der Waals surface area contributed by atoms with Crippen molar-refractivity contribution in [1.82, 2.24) is 5.32 Å². The summed E-state index contributed by atoms with van der Waals surface area (Å²) in [6, 6.07) is 7.99. The average molecular weight is 226 g/mol. The molecule has 3 heteroatoms. The van der Waals surface area contributed by atoms with E-state index in [9.17, 15) is 5.11 Å². The number of hydrogen-bond donors (Lipinski definition) is 2. The third-order valence-corrected chi connectivity index (χ3v) is 3.56. The third kappa shape index (κ3) is 2.33. The van der Waals surface area contributed by atoms with Crippen LogP contribution in [0.4, 0.5) is 0 Å². The summed E-state index contributed by atoms with van der Waals surface area (Å²) in [7, 11) is 0. The Morgan fingerprint density at radius 3 is 2.80 bits per heavy atom. The zero-order valence-electron chi connectivity index (χ0n) is 8.83. The number of halogens is 1. The lowest BCUT2D eigenvalue weighted by Crippen LogP contribution is -2.56. The molecule has 2 atom stereocenters. The van der Waals surface area contributed by atoms with E-state index >= 15 is 0 Å². The topological polar surface area (TPSA) is 32.3 Å². The summed E-state index contributed by atoms with van der Waals surface area (Å²) in [5.74, 6) is 0. The van der Waals surface area contributed by atoms with Crippen LogP contribution >= 0.6 is 11.6 Å². The van der Waals surface area contributed by atoms with Crippen LogP contribution < -0.4 is 5.32 Å². The Labute approximate surface area is 95.3 Å². The first-order valence-electron chi connectivity index (χ1n) is 5.29. The van der Waals surface area contributed by atoms with Gasteiger partial charge in [-0.25, -0.2) is 0 Å². The molecule has 0 unspecified atom stereocenters.